The summed E-state index contributed by atoms with van der Waals surface area (Å²) in [7, 11) is 0. The smallest absolute Gasteiger partial charge is 0.303 e. The molecule has 4 aliphatic carbocycles. The maximum Gasteiger partial charge on any atom is 0.303 e. The van der Waals surface area contributed by atoms with Crippen LogP contribution < -0.4 is 0 Å². The van der Waals surface area contributed by atoms with Crippen molar-refractivity contribution in [2.75, 3.05) is 6.61 Å². The number of Topliss-reactive ketones (excluding diaryl/α,β-unsaturated/α-hetero) is 1. The van der Waals surface area contributed by atoms with E-state index in [1.165, 1.54) is 12.5 Å². The first kappa shape index (κ1) is 21.5. The van der Waals surface area contributed by atoms with Crippen molar-refractivity contribution in [3.63, 3.8) is 0 Å². The van der Waals surface area contributed by atoms with Crippen LogP contribution in [-0.2, 0) is 19.1 Å². The van der Waals surface area contributed by atoms with Gasteiger partial charge in [-0.25, -0.2) is 0 Å². The molecule has 0 aromatic carbocycles. The molecule has 3 fully saturated rings. The topological polar surface area (TPSA) is 80.7 Å². The van der Waals surface area contributed by atoms with Crippen molar-refractivity contribution in [1.82, 2.24) is 0 Å². The summed E-state index contributed by atoms with van der Waals surface area (Å²) in [4.78, 5) is 36.1. The molecule has 0 amide bonds. The molecule has 0 saturated heterocycles. The molecule has 1 N–H and O–H groups in total. The van der Waals surface area contributed by atoms with Crippen LogP contribution in [0.2, 0.25) is 0 Å². The lowest BCUT2D eigenvalue weighted by Crippen LogP contribution is -2.63. The SMILES string of the molecule is CC(=O)OCC(=O)[C@@]1(O)CC[C@H]2[C@]3(I)CCC4=CC(=O)CC[C@]4(C)[C@H]3CC[C@@]21C. The van der Waals surface area contributed by atoms with E-state index in [0.717, 1.165) is 38.5 Å². The molecule has 160 valence electrons. The van der Waals surface area contributed by atoms with Crippen LogP contribution in [-0.4, -0.2) is 38.3 Å². The number of hydrogen-bond acceptors (Lipinski definition) is 5. The highest BCUT2D eigenvalue weighted by Crippen LogP contribution is 2.71. The molecule has 0 aromatic heterocycles. The Morgan fingerprint density at radius 1 is 1.14 bits per heavy atom. The highest BCUT2D eigenvalue weighted by molar-refractivity contribution is 14.1. The molecule has 0 heterocycles. The Balaban J connectivity index is 1.66. The number of aliphatic hydroxyl groups is 1. The Bertz CT molecular complexity index is 805. The molecule has 0 spiro atoms. The first-order valence-corrected chi connectivity index (χ1v) is 11.9. The summed E-state index contributed by atoms with van der Waals surface area (Å²) in [6.07, 6.45) is 8.32. The van der Waals surface area contributed by atoms with Crippen molar-refractivity contribution in [1.29, 1.82) is 0 Å². The van der Waals surface area contributed by atoms with Gasteiger partial charge in [0.2, 0.25) is 5.78 Å². The lowest BCUT2D eigenvalue weighted by atomic mass is 9.46. The van der Waals surface area contributed by atoms with Crippen LogP contribution in [0.5, 0.6) is 0 Å². The lowest BCUT2D eigenvalue weighted by molar-refractivity contribution is -0.167. The van der Waals surface area contributed by atoms with Crippen molar-refractivity contribution in [2.45, 2.75) is 81.2 Å². The Kier molecular flexibility index (Phi) is 5.09. The largest absolute Gasteiger partial charge is 0.458 e. The Morgan fingerprint density at radius 2 is 1.83 bits per heavy atom. The van der Waals surface area contributed by atoms with Gasteiger partial charge in [-0.05, 0) is 68.3 Å². The summed E-state index contributed by atoms with van der Waals surface area (Å²) in [6.45, 7) is 5.34. The molecule has 3 saturated carbocycles. The number of esters is 1. The molecule has 29 heavy (non-hydrogen) atoms. The highest BCUT2D eigenvalue weighted by atomic mass is 127. The summed E-state index contributed by atoms with van der Waals surface area (Å²) in [5.41, 5.74) is -0.592. The fourth-order valence-electron chi connectivity index (χ4n) is 7.32. The number of carbonyl (C=O) groups excluding carboxylic acids is 3. The van der Waals surface area contributed by atoms with Crippen molar-refractivity contribution in [2.24, 2.45) is 22.7 Å². The molecular weight excluding hydrogens is 483 g/mol. The summed E-state index contributed by atoms with van der Waals surface area (Å²) in [6, 6.07) is 0. The van der Waals surface area contributed by atoms with Gasteiger partial charge in [0.25, 0.3) is 0 Å². The first-order chi connectivity index (χ1) is 13.5. The second-order valence-corrected chi connectivity index (χ2v) is 12.2. The number of ketones is 2. The molecule has 4 aliphatic rings. The van der Waals surface area contributed by atoms with Crippen LogP contribution >= 0.6 is 22.6 Å². The van der Waals surface area contributed by atoms with Gasteiger partial charge in [-0.15, -0.1) is 0 Å². The number of halogens is 1. The van der Waals surface area contributed by atoms with E-state index in [-0.39, 0.29) is 32.9 Å². The van der Waals surface area contributed by atoms with Crippen molar-refractivity contribution in [3.8, 4) is 0 Å². The zero-order valence-corrected chi connectivity index (χ0v) is 19.7. The number of ether oxygens (including phenoxy) is 1. The average Bonchev–Trinajstić information content (AvgIpc) is 2.93. The van der Waals surface area contributed by atoms with E-state index in [4.69, 9.17) is 4.74 Å². The van der Waals surface area contributed by atoms with Crippen LogP contribution in [0.4, 0.5) is 0 Å². The fourth-order valence-corrected chi connectivity index (χ4v) is 9.59. The Morgan fingerprint density at radius 3 is 2.52 bits per heavy atom. The summed E-state index contributed by atoms with van der Waals surface area (Å²) in [5.74, 6) is 0.0822. The van der Waals surface area contributed by atoms with E-state index >= 15 is 0 Å². The van der Waals surface area contributed by atoms with Gasteiger partial charge in [0.05, 0.1) is 0 Å². The maximum atomic E-state index is 12.9. The van der Waals surface area contributed by atoms with Gasteiger partial charge in [0, 0.05) is 22.2 Å². The molecule has 0 aliphatic heterocycles. The van der Waals surface area contributed by atoms with Crippen LogP contribution in [0.3, 0.4) is 0 Å². The van der Waals surface area contributed by atoms with E-state index in [1.807, 2.05) is 6.08 Å². The van der Waals surface area contributed by atoms with Gasteiger partial charge >= 0.3 is 5.97 Å². The molecule has 6 atom stereocenters. The van der Waals surface area contributed by atoms with E-state index < -0.39 is 17.0 Å². The number of rotatable bonds is 3. The average molecular weight is 514 g/mol. The third kappa shape index (κ3) is 2.91. The van der Waals surface area contributed by atoms with E-state index in [9.17, 15) is 19.5 Å². The monoisotopic (exact) mass is 514 g/mol. The zero-order valence-electron chi connectivity index (χ0n) is 17.6. The van der Waals surface area contributed by atoms with Gasteiger partial charge in [-0.1, -0.05) is 42.0 Å². The molecule has 0 radical (unpaired) electrons. The third-order valence-corrected chi connectivity index (χ3v) is 11.0. The minimum absolute atomic E-state index is 0.00340. The Hall–Kier alpha value is -0.760. The minimum Gasteiger partial charge on any atom is -0.458 e. The molecule has 0 aromatic rings. The van der Waals surface area contributed by atoms with Crippen LogP contribution in [0, 0.1) is 22.7 Å². The van der Waals surface area contributed by atoms with Gasteiger partial charge in [-0.2, -0.15) is 0 Å². The van der Waals surface area contributed by atoms with Crippen LogP contribution in [0.25, 0.3) is 0 Å². The molecule has 6 heteroatoms. The van der Waals surface area contributed by atoms with Gasteiger partial charge < -0.3 is 9.84 Å². The zero-order chi connectivity index (χ0) is 21.2. The summed E-state index contributed by atoms with van der Waals surface area (Å²) in [5, 5.41) is 11.6. The first-order valence-electron chi connectivity index (χ1n) is 10.8. The predicted octanol–water partition coefficient (Wildman–Crippen LogP) is 3.94. The maximum absolute atomic E-state index is 12.9. The minimum atomic E-state index is -1.43. The van der Waals surface area contributed by atoms with Crippen molar-refractivity contribution in [3.05, 3.63) is 11.6 Å². The van der Waals surface area contributed by atoms with E-state index in [1.54, 1.807) is 0 Å². The highest BCUT2D eigenvalue weighted by Gasteiger charge is 2.70. The Labute approximate surface area is 186 Å². The molecule has 0 bridgehead atoms. The van der Waals surface area contributed by atoms with Crippen molar-refractivity contribution >= 4 is 40.1 Å². The summed E-state index contributed by atoms with van der Waals surface area (Å²) < 4.78 is 4.95. The lowest BCUT2D eigenvalue weighted by Gasteiger charge is -2.63. The standard InChI is InChI=1S/C23H31IO5/c1-14(25)29-13-19(27)23(28)11-7-18-21(23,3)9-6-17-20(2)8-5-16(26)12-15(20)4-10-22(17,18)24/h12,17-18,28H,4-11,13H2,1-3H3/t17-,18-,20+,21+,22+,23+/m1/s1. The van der Waals surface area contributed by atoms with Crippen LogP contribution in [0.1, 0.15) is 72.1 Å². The van der Waals surface area contributed by atoms with E-state index in [0.29, 0.717) is 18.8 Å². The predicted molar refractivity (Wildman–Crippen MR) is 117 cm³/mol. The molecule has 5 nitrogen and oxygen atoms in total. The molecule has 0 unspecified atom stereocenters. The summed E-state index contributed by atoms with van der Waals surface area (Å²) >= 11 is 2.65. The number of hydrogen-bond donors (Lipinski definition) is 1. The van der Waals surface area contributed by atoms with Gasteiger partial charge in [0.1, 0.15) is 5.60 Å². The van der Waals surface area contributed by atoms with Gasteiger partial charge in [-0.3, -0.25) is 14.4 Å². The fraction of sp³-hybridized carbons (Fsp3) is 0.783. The number of allylic oxidation sites excluding steroid dienone is 1. The third-order valence-electron chi connectivity index (χ3n) is 8.99. The van der Waals surface area contributed by atoms with Crippen molar-refractivity contribution < 1.29 is 24.2 Å². The van der Waals surface area contributed by atoms with Gasteiger partial charge in [0.15, 0.2) is 12.4 Å². The number of fused-ring (bicyclic) bond motifs is 5. The number of alkyl halides is 1. The quantitative estimate of drug-likeness (QED) is 0.351. The van der Waals surface area contributed by atoms with Crippen LogP contribution in [0.15, 0.2) is 11.6 Å². The van der Waals surface area contributed by atoms with E-state index in [2.05, 4.69) is 36.4 Å². The second-order valence-electron chi connectivity index (χ2n) is 10.1. The molecule has 4 rings (SSSR count). The number of carbonyl (C=O) groups is 3. The normalized spacial score (nSPS) is 46.2. The molecular formula is C23H31IO5. The second kappa shape index (κ2) is 6.87.